The second-order valence-electron chi connectivity index (χ2n) is 4.67. The summed E-state index contributed by atoms with van der Waals surface area (Å²) in [5.74, 6) is -0.368. The molecule has 2 rings (SSSR count). The lowest BCUT2D eigenvalue weighted by Gasteiger charge is -2.12. The van der Waals surface area contributed by atoms with E-state index in [1.807, 2.05) is 48.5 Å². The van der Waals surface area contributed by atoms with Gasteiger partial charge in [-0.3, -0.25) is 4.79 Å². The molecule has 0 aliphatic rings. The number of carbonyl (C=O) groups is 1. The molecule has 0 amide bonds. The Morgan fingerprint density at radius 3 is 1.95 bits per heavy atom. The number of hydrogen-bond acceptors (Lipinski definition) is 3. The predicted octanol–water partition coefficient (Wildman–Crippen LogP) is 3.51. The average Bonchev–Trinajstić information content (AvgIpc) is 2.48. The van der Waals surface area contributed by atoms with E-state index in [-0.39, 0.29) is 12.6 Å². The Kier molecular flexibility index (Phi) is 6.43. The first-order chi connectivity index (χ1) is 10.0. The summed E-state index contributed by atoms with van der Waals surface area (Å²) in [6.07, 6.45) is 0.489. The highest BCUT2D eigenvalue weighted by molar-refractivity contribution is 14.1. The van der Waals surface area contributed by atoms with E-state index in [0.717, 1.165) is 18.3 Å². The van der Waals surface area contributed by atoms with Crippen LogP contribution in [0.4, 0.5) is 0 Å². The fraction of sp³-hybridized carbons (Fsp3) is 0.188. The van der Waals surface area contributed by atoms with Gasteiger partial charge in [0.25, 0.3) is 0 Å². The van der Waals surface area contributed by atoms with Crippen LogP contribution in [0.5, 0.6) is 0 Å². The maximum atomic E-state index is 11.9. The van der Waals surface area contributed by atoms with Crippen LogP contribution in [-0.2, 0) is 22.6 Å². The van der Waals surface area contributed by atoms with Crippen molar-refractivity contribution in [1.29, 1.82) is 0 Å². The first-order valence-corrected chi connectivity index (χ1v) is 8.61. The van der Waals surface area contributed by atoms with Gasteiger partial charge in [0.15, 0.2) is 0 Å². The summed E-state index contributed by atoms with van der Waals surface area (Å²) in [6, 6.07) is 15.2. The average molecular weight is 507 g/mol. The number of hydrogen-bond donors (Lipinski definition) is 1. The fourth-order valence-corrected chi connectivity index (χ4v) is 2.52. The minimum atomic E-state index is -0.631. The summed E-state index contributed by atoms with van der Waals surface area (Å²) in [4.78, 5) is 11.9. The zero-order chi connectivity index (χ0) is 15.2. The predicted molar refractivity (Wildman–Crippen MR) is 99.8 cm³/mol. The molecule has 110 valence electrons. The lowest BCUT2D eigenvalue weighted by Crippen LogP contribution is -2.34. The van der Waals surface area contributed by atoms with Crippen molar-refractivity contribution >= 4 is 51.2 Å². The van der Waals surface area contributed by atoms with Gasteiger partial charge in [-0.2, -0.15) is 0 Å². The first-order valence-electron chi connectivity index (χ1n) is 6.45. The Balaban J connectivity index is 1.84. The Labute approximate surface area is 151 Å². The molecule has 0 aliphatic carbocycles. The van der Waals surface area contributed by atoms with Gasteiger partial charge in [-0.25, -0.2) is 0 Å². The molecule has 0 fully saturated rings. The molecule has 1 atom stereocenters. The molecule has 21 heavy (non-hydrogen) atoms. The SMILES string of the molecule is N[C@@H](Cc1ccc(I)cc1)C(=O)OCc1ccc(I)cc1. The number of ether oxygens (including phenoxy) is 1. The second-order valence-corrected chi connectivity index (χ2v) is 7.16. The number of carbonyl (C=O) groups excluding carboxylic acids is 1. The molecule has 0 radical (unpaired) electrons. The molecule has 2 N–H and O–H groups in total. The van der Waals surface area contributed by atoms with Crippen LogP contribution in [0, 0.1) is 7.14 Å². The van der Waals surface area contributed by atoms with Gasteiger partial charge in [0.05, 0.1) is 0 Å². The van der Waals surface area contributed by atoms with E-state index in [0.29, 0.717) is 6.42 Å². The van der Waals surface area contributed by atoms with Crippen LogP contribution >= 0.6 is 45.2 Å². The van der Waals surface area contributed by atoms with Gasteiger partial charge in [-0.1, -0.05) is 24.3 Å². The molecular weight excluding hydrogens is 492 g/mol. The largest absolute Gasteiger partial charge is 0.460 e. The fourth-order valence-electron chi connectivity index (χ4n) is 1.80. The first kappa shape index (κ1) is 16.7. The van der Waals surface area contributed by atoms with Crippen molar-refractivity contribution in [3.05, 3.63) is 66.8 Å². The van der Waals surface area contributed by atoms with Crippen molar-refractivity contribution in [1.82, 2.24) is 0 Å². The van der Waals surface area contributed by atoms with Crippen LogP contribution < -0.4 is 5.73 Å². The summed E-state index contributed by atoms with van der Waals surface area (Å²) in [7, 11) is 0. The molecule has 2 aromatic carbocycles. The monoisotopic (exact) mass is 507 g/mol. The van der Waals surface area contributed by atoms with Crippen molar-refractivity contribution in [2.24, 2.45) is 5.73 Å². The highest BCUT2D eigenvalue weighted by Crippen LogP contribution is 2.10. The summed E-state index contributed by atoms with van der Waals surface area (Å²) in [5, 5.41) is 0. The maximum absolute atomic E-state index is 11.9. The summed E-state index contributed by atoms with van der Waals surface area (Å²) in [5.41, 5.74) is 7.90. The lowest BCUT2D eigenvalue weighted by molar-refractivity contribution is -0.146. The molecule has 0 saturated carbocycles. The molecule has 0 unspecified atom stereocenters. The highest BCUT2D eigenvalue weighted by Gasteiger charge is 2.15. The van der Waals surface area contributed by atoms with E-state index in [2.05, 4.69) is 45.2 Å². The van der Waals surface area contributed by atoms with E-state index in [4.69, 9.17) is 10.5 Å². The molecule has 0 spiro atoms. The molecule has 0 heterocycles. The molecule has 0 aliphatic heterocycles. The Bertz CT molecular complexity index is 597. The van der Waals surface area contributed by atoms with Gasteiger partial charge in [-0.05, 0) is 87.0 Å². The van der Waals surface area contributed by atoms with Crippen LogP contribution in [0.1, 0.15) is 11.1 Å². The highest BCUT2D eigenvalue weighted by atomic mass is 127. The molecular formula is C16H15I2NO2. The van der Waals surface area contributed by atoms with Gasteiger partial charge in [0, 0.05) is 7.14 Å². The van der Waals surface area contributed by atoms with Crippen LogP contribution in [0.25, 0.3) is 0 Å². The molecule has 0 saturated heterocycles. The molecule has 5 heteroatoms. The smallest absolute Gasteiger partial charge is 0.323 e. The third-order valence-corrected chi connectivity index (χ3v) is 4.40. The van der Waals surface area contributed by atoms with Crippen molar-refractivity contribution < 1.29 is 9.53 Å². The van der Waals surface area contributed by atoms with Gasteiger partial charge in [0.2, 0.25) is 0 Å². The van der Waals surface area contributed by atoms with Gasteiger partial charge in [0.1, 0.15) is 12.6 Å². The molecule has 2 aromatic rings. The normalized spacial score (nSPS) is 12.0. The molecule has 0 bridgehead atoms. The van der Waals surface area contributed by atoms with Crippen LogP contribution in [0.3, 0.4) is 0 Å². The topological polar surface area (TPSA) is 52.3 Å². The van der Waals surface area contributed by atoms with Crippen molar-refractivity contribution in [3.8, 4) is 0 Å². The molecule has 0 aromatic heterocycles. The van der Waals surface area contributed by atoms with Crippen molar-refractivity contribution in [3.63, 3.8) is 0 Å². The zero-order valence-electron chi connectivity index (χ0n) is 11.3. The van der Waals surface area contributed by atoms with Crippen molar-refractivity contribution in [2.75, 3.05) is 0 Å². The van der Waals surface area contributed by atoms with Crippen LogP contribution in [0.2, 0.25) is 0 Å². The number of nitrogens with two attached hydrogens (primary N) is 1. The Morgan fingerprint density at radius 1 is 0.952 bits per heavy atom. The minimum Gasteiger partial charge on any atom is -0.460 e. The van der Waals surface area contributed by atoms with E-state index in [9.17, 15) is 4.79 Å². The number of rotatable bonds is 5. The van der Waals surface area contributed by atoms with Gasteiger partial charge < -0.3 is 10.5 Å². The van der Waals surface area contributed by atoms with Gasteiger partial charge >= 0.3 is 5.97 Å². The Morgan fingerprint density at radius 2 is 1.43 bits per heavy atom. The summed E-state index contributed by atoms with van der Waals surface area (Å²) >= 11 is 4.48. The summed E-state index contributed by atoms with van der Waals surface area (Å²) in [6.45, 7) is 0.260. The zero-order valence-corrected chi connectivity index (χ0v) is 15.6. The molecule has 3 nitrogen and oxygen atoms in total. The van der Waals surface area contributed by atoms with Gasteiger partial charge in [-0.15, -0.1) is 0 Å². The quantitative estimate of drug-likeness (QED) is 0.499. The standard InChI is InChI=1S/C16H15I2NO2/c17-13-5-1-11(2-6-13)9-15(19)16(20)21-10-12-3-7-14(18)8-4-12/h1-8,15H,9-10,19H2/t15-/m0/s1. The van der Waals surface area contributed by atoms with E-state index in [1.165, 1.54) is 0 Å². The minimum absolute atomic E-state index is 0.260. The second kappa shape index (κ2) is 8.09. The Hall–Kier alpha value is -0.670. The summed E-state index contributed by atoms with van der Waals surface area (Å²) < 4.78 is 7.57. The lowest BCUT2D eigenvalue weighted by atomic mass is 10.1. The van der Waals surface area contributed by atoms with E-state index >= 15 is 0 Å². The van der Waals surface area contributed by atoms with E-state index < -0.39 is 6.04 Å². The number of halogens is 2. The third kappa shape index (κ3) is 5.55. The van der Waals surface area contributed by atoms with Crippen LogP contribution in [-0.4, -0.2) is 12.0 Å². The van der Waals surface area contributed by atoms with Crippen molar-refractivity contribution in [2.45, 2.75) is 19.1 Å². The maximum Gasteiger partial charge on any atom is 0.323 e. The number of benzene rings is 2. The van der Waals surface area contributed by atoms with E-state index in [1.54, 1.807) is 0 Å². The number of esters is 1. The third-order valence-electron chi connectivity index (χ3n) is 2.97. The van der Waals surface area contributed by atoms with Crippen LogP contribution in [0.15, 0.2) is 48.5 Å².